The number of aliphatic hydroxyl groups is 2. The molecule has 3 rings (SSSR count). The first kappa shape index (κ1) is 57.1. The summed E-state index contributed by atoms with van der Waals surface area (Å²) in [6.07, 6.45) is 18.7. The third kappa shape index (κ3) is 22.3. The Labute approximate surface area is 405 Å². The lowest BCUT2D eigenvalue weighted by atomic mass is 9.90. The molecule has 3 aromatic carbocycles. The Hall–Kier alpha value is -3.22. The van der Waals surface area contributed by atoms with Gasteiger partial charge in [0.1, 0.15) is 23.0 Å². The van der Waals surface area contributed by atoms with Crippen LogP contribution in [0, 0.1) is 47.3 Å². The summed E-state index contributed by atoms with van der Waals surface area (Å²) in [5.41, 5.74) is 4.87. The van der Waals surface area contributed by atoms with E-state index in [0.29, 0.717) is 50.1 Å². The van der Waals surface area contributed by atoms with Crippen molar-refractivity contribution in [1.82, 2.24) is 0 Å². The zero-order chi connectivity index (χ0) is 48.4. The molecule has 0 amide bonds. The molecule has 0 saturated heterocycles. The number of ether oxygens (including phenoxy) is 4. The quantitative estimate of drug-likeness (QED) is 0.0605. The van der Waals surface area contributed by atoms with Gasteiger partial charge in [-0.25, -0.2) is 0 Å². The van der Waals surface area contributed by atoms with Gasteiger partial charge in [0.2, 0.25) is 0 Å². The van der Waals surface area contributed by atoms with Crippen LogP contribution in [0.25, 0.3) is 22.3 Å². The Morgan fingerprint density at radius 2 is 0.621 bits per heavy atom. The van der Waals surface area contributed by atoms with E-state index in [-0.39, 0.29) is 13.2 Å². The van der Waals surface area contributed by atoms with Crippen molar-refractivity contribution in [3.05, 3.63) is 59.7 Å². The van der Waals surface area contributed by atoms with Crippen molar-refractivity contribution in [1.29, 1.82) is 0 Å². The zero-order valence-electron chi connectivity index (χ0n) is 44.3. The van der Waals surface area contributed by atoms with Crippen LogP contribution in [0.3, 0.4) is 0 Å². The van der Waals surface area contributed by atoms with Crippen LogP contribution >= 0.6 is 0 Å². The second-order valence-corrected chi connectivity index (χ2v) is 22.1. The molecule has 0 radical (unpaired) electrons. The predicted molar refractivity (Wildman–Crippen MR) is 281 cm³/mol. The third-order valence-corrected chi connectivity index (χ3v) is 13.6. The van der Waals surface area contributed by atoms with Gasteiger partial charge in [0.15, 0.2) is 0 Å². The van der Waals surface area contributed by atoms with Crippen molar-refractivity contribution in [2.45, 2.75) is 199 Å². The molecule has 0 unspecified atom stereocenters. The molecule has 0 aromatic heterocycles. The van der Waals surface area contributed by atoms with Gasteiger partial charge in [0.25, 0.3) is 0 Å². The van der Waals surface area contributed by atoms with E-state index in [1.54, 1.807) is 0 Å². The first-order valence-corrected chi connectivity index (χ1v) is 26.8. The molecule has 0 aliphatic rings. The highest BCUT2D eigenvalue weighted by atomic mass is 16.5. The van der Waals surface area contributed by atoms with Crippen LogP contribution in [0.4, 0.5) is 0 Å². The van der Waals surface area contributed by atoms with Gasteiger partial charge in [-0.3, -0.25) is 0 Å². The smallest absolute Gasteiger partial charge is 0.127 e. The highest BCUT2D eigenvalue weighted by molar-refractivity contribution is 5.82. The molecule has 374 valence electrons. The van der Waals surface area contributed by atoms with Crippen LogP contribution in [0.2, 0.25) is 0 Å². The van der Waals surface area contributed by atoms with E-state index in [1.807, 2.05) is 36.4 Å². The summed E-state index contributed by atoms with van der Waals surface area (Å²) in [5.74, 6) is 8.28. The molecule has 0 bridgehead atoms. The second kappa shape index (κ2) is 31.8. The molecular weight excluding hydrogens is 817 g/mol. The summed E-state index contributed by atoms with van der Waals surface area (Å²) in [6.45, 7) is 29.8. The van der Waals surface area contributed by atoms with Gasteiger partial charge < -0.3 is 29.2 Å². The van der Waals surface area contributed by atoms with E-state index in [9.17, 15) is 10.2 Å². The Balaban J connectivity index is 2.00. The van der Waals surface area contributed by atoms with Crippen LogP contribution in [0.15, 0.2) is 48.5 Å². The zero-order valence-corrected chi connectivity index (χ0v) is 44.3. The molecule has 0 spiro atoms. The van der Waals surface area contributed by atoms with Crippen molar-refractivity contribution in [2.24, 2.45) is 47.3 Å². The summed E-state index contributed by atoms with van der Waals surface area (Å²) >= 11 is 0. The number of aliphatic hydroxyl groups excluding tert-OH is 2. The van der Waals surface area contributed by atoms with Crippen molar-refractivity contribution in [3.63, 3.8) is 0 Å². The Morgan fingerprint density at radius 3 is 0.894 bits per heavy atom. The van der Waals surface area contributed by atoms with E-state index < -0.39 is 0 Å². The third-order valence-electron chi connectivity index (χ3n) is 13.6. The number of hydrogen-bond acceptors (Lipinski definition) is 6. The van der Waals surface area contributed by atoms with Crippen molar-refractivity contribution in [2.75, 3.05) is 26.4 Å². The summed E-state index contributed by atoms with van der Waals surface area (Å²) in [6, 6.07) is 16.3. The van der Waals surface area contributed by atoms with Gasteiger partial charge in [-0.2, -0.15) is 0 Å². The standard InChI is InChI=1S/C60H98O6/c1-43(2)17-13-21-47(9)29-33-63-53-25-27-59(65-35-31-49(11)23-15-19-45(5)6)57(39-53)55-37-52(42-62)56(38-51(55)41-61)58-40-54(64-34-30-48(10)22-14-18-44(3)4)26-28-60(58)66-36-32-50(12)24-16-20-46(7)8/h25-28,37-40,43-50,61-62H,13-24,29-36,41-42H2,1-12H3/t47-,48-,49-,50-/m0/s1. The number of hydrogen-bond donors (Lipinski definition) is 2. The molecule has 2 N–H and O–H groups in total. The molecule has 0 aliphatic heterocycles. The SMILES string of the molecule is CC(C)CCC[C@H](C)CCOc1ccc(OCC[C@@H](C)CCCC(C)C)c(-c2cc(CO)c(-c3cc(OCC[C@@H](C)CCCC(C)C)ccc3OCC[C@@H](C)CCCC(C)C)cc2CO)c1. The average molecular weight is 915 g/mol. The topological polar surface area (TPSA) is 77.4 Å². The molecule has 66 heavy (non-hydrogen) atoms. The highest BCUT2D eigenvalue weighted by Crippen LogP contribution is 2.42. The highest BCUT2D eigenvalue weighted by Gasteiger charge is 2.21. The molecule has 3 aromatic rings. The van der Waals surface area contributed by atoms with Gasteiger partial charge in [-0.05, 0) is 144 Å². The molecule has 0 heterocycles. The maximum Gasteiger partial charge on any atom is 0.127 e. The number of benzene rings is 3. The normalized spacial score (nSPS) is 13.7. The molecule has 4 atom stereocenters. The lowest BCUT2D eigenvalue weighted by Crippen LogP contribution is -2.08. The average Bonchev–Trinajstić information content (AvgIpc) is 3.26. The summed E-state index contributed by atoms with van der Waals surface area (Å²) in [4.78, 5) is 0. The molecular formula is C60H98O6. The van der Waals surface area contributed by atoms with Gasteiger partial charge >= 0.3 is 0 Å². The van der Waals surface area contributed by atoms with Gasteiger partial charge in [0.05, 0.1) is 39.6 Å². The lowest BCUT2D eigenvalue weighted by molar-refractivity contribution is 0.269. The van der Waals surface area contributed by atoms with E-state index >= 15 is 0 Å². The maximum atomic E-state index is 11.2. The van der Waals surface area contributed by atoms with Crippen molar-refractivity contribution < 1.29 is 29.2 Å². The van der Waals surface area contributed by atoms with Crippen LogP contribution in [-0.2, 0) is 13.2 Å². The fourth-order valence-electron chi connectivity index (χ4n) is 8.89. The van der Waals surface area contributed by atoms with Crippen LogP contribution in [0.5, 0.6) is 23.0 Å². The monoisotopic (exact) mass is 915 g/mol. The largest absolute Gasteiger partial charge is 0.494 e. The van der Waals surface area contributed by atoms with Gasteiger partial charge in [-0.1, -0.05) is 160 Å². The van der Waals surface area contributed by atoms with Crippen LogP contribution in [-0.4, -0.2) is 36.6 Å². The van der Waals surface area contributed by atoms with Gasteiger partial charge in [0, 0.05) is 11.1 Å². The minimum atomic E-state index is -0.186. The van der Waals surface area contributed by atoms with Crippen LogP contribution < -0.4 is 18.9 Å². The van der Waals surface area contributed by atoms with Crippen molar-refractivity contribution in [3.8, 4) is 45.3 Å². The van der Waals surface area contributed by atoms with Crippen LogP contribution in [0.1, 0.15) is 197 Å². The minimum Gasteiger partial charge on any atom is -0.494 e. The first-order valence-electron chi connectivity index (χ1n) is 26.8. The van der Waals surface area contributed by atoms with Gasteiger partial charge in [-0.15, -0.1) is 0 Å². The van der Waals surface area contributed by atoms with E-state index in [1.165, 1.54) is 77.0 Å². The second-order valence-electron chi connectivity index (χ2n) is 22.1. The summed E-state index contributed by atoms with van der Waals surface area (Å²) < 4.78 is 26.1. The maximum absolute atomic E-state index is 11.2. The van der Waals surface area contributed by atoms with E-state index in [0.717, 1.165) is 106 Å². The van der Waals surface area contributed by atoms with Crippen molar-refractivity contribution >= 4 is 0 Å². The minimum absolute atomic E-state index is 0.186. The lowest BCUT2D eigenvalue weighted by Gasteiger charge is -2.21. The fourth-order valence-corrected chi connectivity index (χ4v) is 8.89. The summed E-state index contributed by atoms with van der Waals surface area (Å²) in [7, 11) is 0. The first-order chi connectivity index (χ1) is 31.6. The van der Waals surface area contributed by atoms with E-state index in [2.05, 4.69) is 95.2 Å². The summed E-state index contributed by atoms with van der Waals surface area (Å²) in [5, 5.41) is 22.3. The molecule has 6 heteroatoms. The fraction of sp³-hybridized carbons (Fsp3) is 0.700. The predicted octanol–water partition coefficient (Wildman–Crippen LogP) is 16.9. The molecule has 6 nitrogen and oxygen atoms in total. The Kier molecular flexibility index (Phi) is 27.5. The molecule has 0 saturated carbocycles. The molecule has 0 fully saturated rings. The Morgan fingerprint density at radius 1 is 0.333 bits per heavy atom. The Bertz CT molecular complexity index is 1620. The molecule has 0 aliphatic carbocycles. The number of rotatable bonds is 36. The van der Waals surface area contributed by atoms with E-state index in [4.69, 9.17) is 18.9 Å².